The number of hydrogen-bond donors (Lipinski definition) is 1. The molecular weight excluding hydrogens is 352 g/mol. The molecular formula is C24H20O4. The van der Waals surface area contributed by atoms with Gasteiger partial charge in [0.05, 0.1) is 17.6 Å². The predicted octanol–water partition coefficient (Wildman–Crippen LogP) is 4.89. The molecule has 4 rings (SSSR count). The summed E-state index contributed by atoms with van der Waals surface area (Å²) in [6.07, 6.45) is 0.546. The molecule has 1 aromatic heterocycles. The normalized spacial score (nSPS) is 10.9. The topological polar surface area (TPSA) is 59.7 Å². The van der Waals surface area contributed by atoms with Crippen molar-refractivity contribution in [2.75, 3.05) is 13.2 Å². The first-order valence-electron chi connectivity index (χ1n) is 9.23. The fourth-order valence-corrected chi connectivity index (χ4v) is 3.18. The molecule has 140 valence electrons. The van der Waals surface area contributed by atoms with Gasteiger partial charge >= 0.3 is 0 Å². The van der Waals surface area contributed by atoms with Crippen LogP contribution in [0.25, 0.3) is 33.4 Å². The largest absolute Gasteiger partial charge is 0.493 e. The van der Waals surface area contributed by atoms with Gasteiger partial charge in [-0.05, 0) is 17.7 Å². The third kappa shape index (κ3) is 3.55. The molecule has 0 aliphatic heterocycles. The van der Waals surface area contributed by atoms with Crippen LogP contribution in [-0.2, 0) is 0 Å². The van der Waals surface area contributed by atoms with E-state index >= 15 is 0 Å². The quantitative estimate of drug-likeness (QED) is 0.490. The van der Waals surface area contributed by atoms with E-state index in [0.29, 0.717) is 41.1 Å². The lowest BCUT2D eigenvalue weighted by molar-refractivity contribution is 0.233. The first-order chi connectivity index (χ1) is 13.8. The Balaban J connectivity index is 1.93. The van der Waals surface area contributed by atoms with Gasteiger partial charge in [-0.15, -0.1) is 0 Å². The third-order valence-electron chi connectivity index (χ3n) is 4.53. The van der Waals surface area contributed by atoms with Crippen molar-refractivity contribution in [3.63, 3.8) is 0 Å². The molecule has 0 radical (unpaired) electrons. The highest BCUT2D eigenvalue weighted by molar-refractivity contribution is 5.89. The Hall–Kier alpha value is -3.37. The van der Waals surface area contributed by atoms with E-state index in [9.17, 15) is 4.79 Å². The number of hydrogen-bond acceptors (Lipinski definition) is 4. The Morgan fingerprint density at radius 3 is 2.21 bits per heavy atom. The van der Waals surface area contributed by atoms with E-state index in [1.54, 1.807) is 18.2 Å². The highest BCUT2D eigenvalue weighted by Gasteiger charge is 2.18. The number of ether oxygens (including phenoxy) is 1. The predicted molar refractivity (Wildman–Crippen MR) is 111 cm³/mol. The molecule has 0 aliphatic carbocycles. The van der Waals surface area contributed by atoms with Crippen molar-refractivity contribution in [2.45, 2.75) is 6.42 Å². The molecule has 1 N–H and O–H groups in total. The van der Waals surface area contributed by atoms with Crippen LogP contribution in [0.15, 0.2) is 88.1 Å². The lowest BCUT2D eigenvalue weighted by Gasteiger charge is -2.12. The average Bonchev–Trinajstić information content (AvgIpc) is 2.75. The smallest absolute Gasteiger partial charge is 0.201 e. The van der Waals surface area contributed by atoms with Gasteiger partial charge in [0, 0.05) is 24.7 Å². The second kappa shape index (κ2) is 8.11. The summed E-state index contributed by atoms with van der Waals surface area (Å²) >= 11 is 0. The summed E-state index contributed by atoms with van der Waals surface area (Å²) in [6, 6.07) is 24.4. The lowest BCUT2D eigenvalue weighted by Crippen LogP contribution is -2.08. The van der Waals surface area contributed by atoms with Crippen molar-refractivity contribution >= 4 is 11.0 Å². The maximum Gasteiger partial charge on any atom is 0.201 e. The minimum atomic E-state index is -0.0757. The molecule has 0 amide bonds. The second-order valence-corrected chi connectivity index (χ2v) is 6.45. The summed E-state index contributed by atoms with van der Waals surface area (Å²) in [7, 11) is 0. The first kappa shape index (κ1) is 18.0. The highest BCUT2D eigenvalue weighted by atomic mass is 16.5. The number of aliphatic hydroxyl groups is 1. The molecule has 0 aliphatic rings. The van der Waals surface area contributed by atoms with Gasteiger partial charge in [-0.2, -0.15) is 0 Å². The zero-order chi connectivity index (χ0) is 19.3. The average molecular weight is 372 g/mol. The summed E-state index contributed by atoms with van der Waals surface area (Å²) in [5, 5.41) is 9.42. The van der Waals surface area contributed by atoms with Crippen LogP contribution in [-0.4, -0.2) is 18.3 Å². The van der Waals surface area contributed by atoms with Crippen LogP contribution in [0.4, 0.5) is 0 Å². The van der Waals surface area contributed by atoms with Gasteiger partial charge in [-0.1, -0.05) is 60.7 Å². The minimum Gasteiger partial charge on any atom is -0.493 e. The number of rotatable bonds is 6. The monoisotopic (exact) mass is 372 g/mol. The molecule has 0 unspecified atom stereocenters. The molecule has 0 atom stereocenters. The maximum absolute atomic E-state index is 13.4. The molecule has 0 bridgehead atoms. The zero-order valence-corrected chi connectivity index (χ0v) is 15.3. The van der Waals surface area contributed by atoms with Crippen LogP contribution >= 0.6 is 0 Å². The molecule has 4 heteroatoms. The van der Waals surface area contributed by atoms with Gasteiger partial charge in [-0.3, -0.25) is 4.79 Å². The van der Waals surface area contributed by atoms with Gasteiger partial charge in [0.1, 0.15) is 17.1 Å². The number of aliphatic hydroxyl groups excluding tert-OH is 1. The molecule has 0 saturated heterocycles. The van der Waals surface area contributed by atoms with Crippen molar-refractivity contribution in [3.8, 4) is 28.2 Å². The van der Waals surface area contributed by atoms with E-state index in [2.05, 4.69) is 0 Å². The van der Waals surface area contributed by atoms with E-state index in [0.717, 1.165) is 11.1 Å². The fraction of sp³-hybridized carbons (Fsp3) is 0.125. The van der Waals surface area contributed by atoms with E-state index in [-0.39, 0.29) is 12.0 Å². The second-order valence-electron chi connectivity index (χ2n) is 6.45. The molecule has 0 fully saturated rings. The van der Waals surface area contributed by atoms with Crippen LogP contribution < -0.4 is 10.2 Å². The van der Waals surface area contributed by atoms with Gasteiger partial charge in [0.15, 0.2) is 0 Å². The summed E-state index contributed by atoms with van der Waals surface area (Å²) in [6.45, 7) is 0.473. The summed E-state index contributed by atoms with van der Waals surface area (Å²) in [5.74, 6) is 1.15. The van der Waals surface area contributed by atoms with E-state index in [1.165, 1.54) is 0 Å². The van der Waals surface area contributed by atoms with Crippen LogP contribution in [0.3, 0.4) is 0 Å². The van der Waals surface area contributed by atoms with Crippen molar-refractivity contribution in [3.05, 3.63) is 89.1 Å². The lowest BCUT2D eigenvalue weighted by atomic mass is 9.98. The third-order valence-corrected chi connectivity index (χ3v) is 4.53. The number of fused-ring (bicyclic) bond motifs is 1. The Morgan fingerprint density at radius 2 is 1.54 bits per heavy atom. The van der Waals surface area contributed by atoms with Gasteiger partial charge < -0.3 is 14.3 Å². The van der Waals surface area contributed by atoms with Gasteiger partial charge in [0.2, 0.25) is 5.43 Å². The van der Waals surface area contributed by atoms with Crippen LogP contribution in [0.1, 0.15) is 6.42 Å². The minimum absolute atomic E-state index is 0.0707. The Morgan fingerprint density at radius 1 is 0.857 bits per heavy atom. The molecule has 0 spiro atoms. The summed E-state index contributed by atoms with van der Waals surface area (Å²) in [5.41, 5.74) is 2.61. The maximum atomic E-state index is 13.4. The molecule has 28 heavy (non-hydrogen) atoms. The first-order valence-corrected chi connectivity index (χ1v) is 9.23. The Bertz CT molecular complexity index is 1130. The molecule has 4 nitrogen and oxygen atoms in total. The van der Waals surface area contributed by atoms with Crippen LogP contribution in [0.2, 0.25) is 0 Å². The van der Waals surface area contributed by atoms with Crippen molar-refractivity contribution in [2.24, 2.45) is 0 Å². The standard InChI is InChI=1S/C24H20O4/c25-14-7-15-27-19-12-13-20-21(16-19)28-24(18-10-5-2-6-11-18)22(23(20)26)17-8-3-1-4-9-17/h1-6,8-13,16,25H,7,14-15H2. The van der Waals surface area contributed by atoms with Crippen LogP contribution in [0.5, 0.6) is 5.75 Å². The SMILES string of the molecule is O=c1c(-c2ccccc2)c(-c2ccccc2)oc2cc(OCCCO)ccc12. The summed E-state index contributed by atoms with van der Waals surface area (Å²) in [4.78, 5) is 13.4. The van der Waals surface area contributed by atoms with E-state index in [4.69, 9.17) is 14.3 Å². The van der Waals surface area contributed by atoms with Crippen molar-refractivity contribution in [1.82, 2.24) is 0 Å². The van der Waals surface area contributed by atoms with Crippen molar-refractivity contribution < 1.29 is 14.3 Å². The molecule has 3 aromatic carbocycles. The Kier molecular flexibility index (Phi) is 5.22. The molecule has 1 heterocycles. The Labute approximate surface area is 162 Å². The number of benzene rings is 3. The van der Waals surface area contributed by atoms with Crippen molar-refractivity contribution in [1.29, 1.82) is 0 Å². The molecule has 4 aromatic rings. The molecule has 0 saturated carbocycles. The van der Waals surface area contributed by atoms with E-state index in [1.807, 2.05) is 60.7 Å². The van der Waals surface area contributed by atoms with Gasteiger partial charge in [0.25, 0.3) is 0 Å². The van der Waals surface area contributed by atoms with Gasteiger partial charge in [-0.25, -0.2) is 0 Å². The summed E-state index contributed by atoms with van der Waals surface area (Å²) < 4.78 is 11.9. The fourth-order valence-electron chi connectivity index (χ4n) is 3.18. The zero-order valence-electron chi connectivity index (χ0n) is 15.3. The highest BCUT2D eigenvalue weighted by Crippen LogP contribution is 2.33. The van der Waals surface area contributed by atoms with E-state index < -0.39 is 0 Å². The van der Waals surface area contributed by atoms with Crippen LogP contribution in [0, 0.1) is 0 Å².